The van der Waals surface area contributed by atoms with Crippen molar-refractivity contribution in [3.63, 3.8) is 0 Å². The molecule has 180 valence electrons. The zero-order valence-electron chi connectivity index (χ0n) is 21.1. The summed E-state index contributed by atoms with van der Waals surface area (Å²) in [5, 5.41) is 12.3. The molecule has 0 fully saturated rings. The highest BCUT2D eigenvalue weighted by atomic mass is 16.3. The van der Waals surface area contributed by atoms with Gasteiger partial charge in [-0.15, -0.1) is 0 Å². The number of ketones is 2. The molecule has 1 aromatic carbocycles. The number of Topliss-reactive ketones (excluding diaryl/α,β-unsaturated/α-hetero) is 2. The molecule has 5 nitrogen and oxygen atoms in total. The van der Waals surface area contributed by atoms with Crippen LogP contribution in [0.1, 0.15) is 73.3 Å². The van der Waals surface area contributed by atoms with Crippen LogP contribution in [-0.4, -0.2) is 22.7 Å². The summed E-state index contributed by atoms with van der Waals surface area (Å²) in [5.74, 6) is 1.22. The quantitative estimate of drug-likeness (QED) is 0.394. The predicted molar refractivity (Wildman–Crippen MR) is 134 cm³/mol. The molecule has 0 saturated carbocycles. The van der Waals surface area contributed by atoms with Crippen molar-refractivity contribution in [1.82, 2.24) is 5.32 Å². The minimum atomic E-state index is -0.306. The lowest BCUT2D eigenvalue weighted by atomic mass is 9.76. The van der Waals surface area contributed by atoms with E-state index in [1.54, 1.807) is 26.0 Å². The molecule has 4 N–H and O–H groups in total. The van der Waals surface area contributed by atoms with Crippen LogP contribution in [0.5, 0.6) is 5.75 Å². The van der Waals surface area contributed by atoms with E-state index in [0.717, 1.165) is 24.1 Å². The number of carbonyl (C=O) groups is 2. The average Bonchev–Trinajstić information content (AvgIpc) is 2.71. The number of phenols is 1. The van der Waals surface area contributed by atoms with Crippen molar-refractivity contribution in [2.24, 2.45) is 23.0 Å². The van der Waals surface area contributed by atoms with E-state index in [2.05, 4.69) is 46.2 Å². The summed E-state index contributed by atoms with van der Waals surface area (Å²) in [5.41, 5.74) is 8.24. The first-order chi connectivity index (χ1) is 14.7. The number of carbonyl (C=O) groups excluding carboxylic acids is 2. The molecule has 0 bridgehead atoms. The lowest BCUT2D eigenvalue weighted by Gasteiger charge is -2.35. The number of rotatable bonds is 12. The summed E-state index contributed by atoms with van der Waals surface area (Å²) < 4.78 is 0. The maximum absolute atomic E-state index is 11.6. The molecule has 0 aliphatic carbocycles. The number of nitrogens with two attached hydrogens (primary N) is 1. The summed E-state index contributed by atoms with van der Waals surface area (Å²) in [6.07, 6.45) is 2.90. The Morgan fingerprint density at radius 2 is 1.66 bits per heavy atom. The Labute approximate surface area is 195 Å². The average molecular weight is 445 g/mol. The molecule has 0 aliphatic rings. The highest BCUT2D eigenvalue weighted by Crippen LogP contribution is 2.34. The van der Waals surface area contributed by atoms with Gasteiger partial charge in [-0.25, -0.2) is 0 Å². The fourth-order valence-corrected chi connectivity index (χ4v) is 3.05. The minimum Gasteiger partial charge on any atom is -0.508 e. The first-order valence-corrected chi connectivity index (χ1v) is 11.4. The lowest BCUT2D eigenvalue weighted by molar-refractivity contribution is -0.119. The Kier molecular flexibility index (Phi) is 12.7. The summed E-state index contributed by atoms with van der Waals surface area (Å²) in [6.45, 7) is 21.5. The van der Waals surface area contributed by atoms with Crippen molar-refractivity contribution in [2.45, 2.75) is 80.2 Å². The van der Waals surface area contributed by atoms with Crippen LogP contribution in [0.25, 0.3) is 0 Å². The van der Waals surface area contributed by atoms with Crippen LogP contribution >= 0.6 is 0 Å². The number of hydrogen-bond donors (Lipinski definition) is 3. The molecule has 0 saturated heterocycles. The zero-order chi connectivity index (χ0) is 25.1. The SMILES string of the molecule is C=C(N)[C@@H](C)Cc1ccc(O)cc1.C=C(N[C@@H](CCC(C)=O)C(C)=O)C(C)(C)C(C)CC. The van der Waals surface area contributed by atoms with Gasteiger partial charge in [0.15, 0.2) is 5.78 Å². The van der Waals surface area contributed by atoms with E-state index in [0.29, 0.717) is 30.2 Å². The minimum absolute atomic E-state index is 0.0577. The van der Waals surface area contributed by atoms with Gasteiger partial charge in [-0.3, -0.25) is 4.79 Å². The zero-order valence-corrected chi connectivity index (χ0v) is 21.1. The van der Waals surface area contributed by atoms with Gasteiger partial charge in [-0.1, -0.05) is 66.3 Å². The molecule has 0 spiro atoms. The van der Waals surface area contributed by atoms with E-state index >= 15 is 0 Å². The maximum atomic E-state index is 11.6. The Morgan fingerprint density at radius 1 is 1.12 bits per heavy atom. The van der Waals surface area contributed by atoms with Gasteiger partial charge in [0.2, 0.25) is 0 Å². The molecule has 1 rings (SSSR count). The molecule has 0 amide bonds. The van der Waals surface area contributed by atoms with Crippen molar-refractivity contribution < 1.29 is 14.7 Å². The van der Waals surface area contributed by atoms with Crippen LogP contribution < -0.4 is 11.1 Å². The molecule has 0 heterocycles. The first-order valence-electron chi connectivity index (χ1n) is 11.4. The molecule has 1 aromatic rings. The molecule has 1 unspecified atom stereocenters. The molecule has 32 heavy (non-hydrogen) atoms. The van der Waals surface area contributed by atoms with Crippen molar-refractivity contribution in [2.75, 3.05) is 0 Å². The number of allylic oxidation sites excluding steroid dienone is 2. The Morgan fingerprint density at radius 3 is 2.06 bits per heavy atom. The third-order valence-corrected chi connectivity index (χ3v) is 6.36. The van der Waals surface area contributed by atoms with E-state index in [1.165, 1.54) is 0 Å². The van der Waals surface area contributed by atoms with E-state index in [1.807, 2.05) is 19.1 Å². The molecule has 5 heteroatoms. The molecular formula is C27H44N2O3. The van der Waals surface area contributed by atoms with Crippen molar-refractivity contribution in [1.29, 1.82) is 0 Å². The monoisotopic (exact) mass is 444 g/mol. The highest BCUT2D eigenvalue weighted by molar-refractivity contribution is 5.83. The van der Waals surface area contributed by atoms with Gasteiger partial charge in [-0.2, -0.15) is 0 Å². The van der Waals surface area contributed by atoms with Crippen LogP contribution in [0.15, 0.2) is 48.8 Å². The topological polar surface area (TPSA) is 92.4 Å². The third kappa shape index (κ3) is 10.7. The third-order valence-electron chi connectivity index (χ3n) is 6.36. The fourth-order valence-electron chi connectivity index (χ4n) is 3.05. The predicted octanol–water partition coefficient (Wildman–Crippen LogP) is 5.53. The molecule has 3 atom stereocenters. The van der Waals surface area contributed by atoms with Crippen LogP contribution in [0, 0.1) is 17.3 Å². The van der Waals surface area contributed by atoms with Crippen molar-refractivity contribution >= 4 is 11.6 Å². The van der Waals surface area contributed by atoms with Crippen molar-refractivity contribution in [3.8, 4) is 5.75 Å². The van der Waals surface area contributed by atoms with E-state index in [4.69, 9.17) is 10.8 Å². The maximum Gasteiger partial charge on any atom is 0.151 e. The van der Waals surface area contributed by atoms with Gasteiger partial charge in [0.25, 0.3) is 0 Å². The number of benzene rings is 1. The normalized spacial score (nSPS) is 13.7. The number of hydrogen-bond acceptors (Lipinski definition) is 5. The Hall–Kier alpha value is -2.56. The van der Waals surface area contributed by atoms with Gasteiger partial charge in [0, 0.05) is 23.2 Å². The summed E-state index contributed by atoms with van der Waals surface area (Å²) in [7, 11) is 0. The fraction of sp³-hybridized carbons (Fsp3) is 0.556. The summed E-state index contributed by atoms with van der Waals surface area (Å²) in [6, 6.07) is 6.85. The Balaban J connectivity index is 0.000000641. The van der Waals surface area contributed by atoms with Crippen LogP contribution in [0.2, 0.25) is 0 Å². The number of aromatic hydroxyl groups is 1. The van der Waals surface area contributed by atoms with E-state index in [-0.39, 0.29) is 28.9 Å². The molecule has 0 aliphatic heterocycles. The van der Waals surface area contributed by atoms with Gasteiger partial charge >= 0.3 is 0 Å². The second kappa shape index (κ2) is 13.8. The highest BCUT2D eigenvalue weighted by Gasteiger charge is 2.29. The largest absolute Gasteiger partial charge is 0.508 e. The van der Waals surface area contributed by atoms with Gasteiger partial charge in [0.05, 0.1) is 6.04 Å². The van der Waals surface area contributed by atoms with Gasteiger partial charge < -0.3 is 21.0 Å². The molecule has 0 aromatic heterocycles. The number of phenolic OH excluding ortho intramolecular Hbond substituents is 1. The standard InChI is InChI=1S/C16H29NO2.C11H15NO/c1-8-11(2)16(6,7)14(5)17-15(13(4)19)10-9-12(3)18;1-8(9(2)12)7-10-3-5-11(13)6-4-10/h11,15,17H,5,8-10H2,1-4,6-7H3;3-6,8,13H,2,7,12H2,1H3/t11?,15-;8-/m00/s1. The molecule has 0 radical (unpaired) electrons. The Bertz CT molecular complexity index is 766. The van der Waals surface area contributed by atoms with Crippen molar-refractivity contribution in [3.05, 3.63) is 54.4 Å². The second-order valence-corrected chi connectivity index (χ2v) is 9.40. The van der Waals surface area contributed by atoms with Crippen LogP contribution in [0.3, 0.4) is 0 Å². The number of nitrogens with one attached hydrogen (secondary N) is 1. The molecular weight excluding hydrogens is 400 g/mol. The smallest absolute Gasteiger partial charge is 0.151 e. The van der Waals surface area contributed by atoms with Crippen LogP contribution in [-0.2, 0) is 16.0 Å². The van der Waals surface area contributed by atoms with Gasteiger partial charge in [-0.05, 0) is 56.2 Å². The van der Waals surface area contributed by atoms with E-state index in [9.17, 15) is 9.59 Å². The van der Waals surface area contributed by atoms with Gasteiger partial charge in [0.1, 0.15) is 11.5 Å². The first kappa shape index (κ1) is 29.4. The summed E-state index contributed by atoms with van der Waals surface area (Å²) >= 11 is 0. The second-order valence-electron chi connectivity index (χ2n) is 9.40. The lowest BCUT2D eigenvalue weighted by Crippen LogP contribution is -2.41. The van der Waals surface area contributed by atoms with E-state index < -0.39 is 0 Å². The van der Waals surface area contributed by atoms with Crippen LogP contribution in [0.4, 0.5) is 0 Å². The summed E-state index contributed by atoms with van der Waals surface area (Å²) in [4.78, 5) is 22.7.